The lowest BCUT2D eigenvalue weighted by Gasteiger charge is -2.10. The topological polar surface area (TPSA) is 12.9 Å². The molecule has 1 nitrogen and oxygen atoms in total. The Morgan fingerprint density at radius 3 is 2.43 bits per heavy atom. The normalized spacial score (nSPS) is 11.7. The highest BCUT2D eigenvalue weighted by molar-refractivity contribution is 5.32. The van der Waals surface area contributed by atoms with Crippen LogP contribution in [0.4, 0.5) is 17.6 Å². The number of hydrogen-bond donors (Lipinski definition) is 0. The van der Waals surface area contributed by atoms with Gasteiger partial charge in [0.05, 0.1) is 5.56 Å². The molecule has 0 saturated carbocycles. The lowest BCUT2D eigenvalue weighted by molar-refractivity contribution is -0.137. The van der Waals surface area contributed by atoms with Crippen LogP contribution in [-0.4, -0.2) is 4.98 Å². The molecule has 0 amide bonds. The van der Waals surface area contributed by atoms with E-state index in [0.29, 0.717) is 11.8 Å². The Morgan fingerprint density at radius 1 is 1.10 bits per heavy atom. The van der Waals surface area contributed by atoms with Crippen LogP contribution in [-0.2, 0) is 19.0 Å². The summed E-state index contributed by atoms with van der Waals surface area (Å²) in [4.78, 5) is 4.20. The summed E-state index contributed by atoms with van der Waals surface area (Å²) in [7, 11) is 0. The van der Waals surface area contributed by atoms with Crippen LogP contribution in [0.2, 0.25) is 0 Å². The van der Waals surface area contributed by atoms with Gasteiger partial charge in [-0.25, -0.2) is 4.39 Å². The summed E-state index contributed by atoms with van der Waals surface area (Å²) in [6.45, 7) is 3.93. The molecule has 112 valence electrons. The molecule has 1 aromatic carbocycles. The van der Waals surface area contributed by atoms with E-state index in [1.54, 1.807) is 6.20 Å². The fourth-order valence-corrected chi connectivity index (χ4v) is 2.22. The summed E-state index contributed by atoms with van der Waals surface area (Å²) in [6.07, 6.45) is -1.86. The Morgan fingerprint density at radius 2 is 1.81 bits per heavy atom. The van der Waals surface area contributed by atoms with E-state index >= 15 is 0 Å². The molecule has 0 aliphatic carbocycles. The molecule has 5 heteroatoms. The van der Waals surface area contributed by atoms with Crippen molar-refractivity contribution in [2.24, 2.45) is 0 Å². The Balaban J connectivity index is 2.33. The van der Waals surface area contributed by atoms with Crippen molar-refractivity contribution in [3.8, 4) is 0 Å². The van der Waals surface area contributed by atoms with E-state index in [2.05, 4.69) is 4.98 Å². The molecule has 1 aromatic heterocycles. The van der Waals surface area contributed by atoms with E-state index in [4.69, 9.17) is 0 Å². The summed E-state index contributed by atoms with van der Waals surface area (Å²) < 4.78 is 51.4. The minimum Gasteiger partial charge on any atom is -0.261 e. The monoisotopic (exact) mass is 297 g/mol. The van der Waals surface area contributed by atoms with Crippen LogP contribution in [0.25, 0.3) is 0 Å². The maximum absolute atomic E-state index is 13.3. The highest BCUT2D eigenvalue weighted by Gasteiger charge is 2.31. The number of aromatic nitrogens is 1. The van der Waals surface area contributed by atoms with Crippen molar-refractivity contribution in [1.29, 1.82) is 0 Å². The standard InChI is InChI=1S/C16H15F4N/c1-3-12-7-15(21-9-10(12)2)6-11-4-13(16(18,19)20)8-14(17)5-11/h4-5,7-9H,3,6H2,1-2H3. The number of hydrogen-bond acceptors (Lipinski definition) is 1. The van der Waals surface area contributed by atoms with Crippen molar-refractivity contribution < 1.29 is 17.6 Å². The SMILES string of the molecule is CCc1cc(Cc2cc(F)cc(C(F)(F)F)c2)ncc1C. The second kappa shape index (κ2) is 5.84. The fraction of sp³-hybridized carbons (Fsp3) is 0.312. The van der Waals surface area contributed by atoms with Crippen molar-refractivity contribution in [2.75, 3.05) is 0 Å². The second-order valence-corrected chi connectivity index (χ2v) is 4.98. The first-order chi connectivity index (χ1) is 9.79. The van der Waals surface area contributed by atoms with Crippen LogP contribution in [0.1, 0.15) is 34.9 Å². The Kier molecular flexibility index (Phi) is 4.30. The largest absolute Gasteiger partial charge is 0.416 e. The molecule has 0 fully saturated rings. The average Bonchev–Trinajstić information content (AvgIpc) is 2.39. The predicted molar refractivity (Wildman–Crippen MR) is 72.6 cm³/mol. The number of nitrogens with zero attached hydrogens (tertiary/aromatic N) is 1. The maximum Gasteiger partial charge on any atom is 0.416 e. The van der Waals surface area contributed by atoms with Crippen molar-refractivity contribution >= 4 is 0 Å². The van der Waals surface area contributed by atoms with Crippen molar-refractivity contribution in [3.05, 3.63) is 64.2 Å². The third-order valence-corrected chi connectivity index (χ3v) is 3.32. The predicted octanol–water partition coefficient (Wildman–Crippen LogP) is 4.70. The van der Waals surface area contributed by atoms with Gasteiger partial charge in [-0.2, -0.15) is 13.2 Å². The molecule has 21 heavy (non-hydrogen) atoms. The van der Waals surface area contributed by atoms with E-state index in [0.717, 1.165) is 29.7 Å². The zero-order valence-corrected chi connectivity index (χ0v) is 11.8. The molecular formula is C16H15F4N. The minimum atomic E-state index is -4.55. The van der Waals surface area contributed by atoms with Gasteiger partial charge in [-0.05, 0) is 54.3 Å². The number of benzene rings is 1. The van der Waals surface area contributed by atoms with Gasteiger partial charge in [0, 0.05) is 18.3 Å². The van der Waals surface area contributed by atoms with Crippen molar-refractivity contribution in [1.82, 2.24) is 4.98 Å². The van der Waals surface area contributed by atoms with Gasteiger partial charge >= 0.3 is 6.18 Å². The van der Waals surface area contributed by atoms with Crippen LogP contribution in [0, 0.1) is 12.7 Å². The molecule has 0 aliphatic heterocycles. The number of alkyl halides is 3. The smallest absolute Gasteiger partial charge is 0.261 e. The van der Waals surface area contributed by atoms with E-state index in [-0.39, 0.29) is 12.0 Å². The van der Waals surface area contributed by atoms with Crippen molar-refractivity contribution in [2.45, 2.75) is 32.9 Å². The molecule has 0 aliphatic rings. The van der Waals surface area contributed by atoms with Crippen molar-refractivity contribution in [3.63, 3.8) is 0 Å². The minimum absolute atomic E-state index is 0.175. The van der Waals surface area contributed by atoms with Gasteiger partial charge in [0.2, 0.25) is 0 Å². The molecule has 0 atom stereocenters. The molecule has 0 saturated heterocycles. The third-order valence-electron chi connectivity index (χ3n) is 3.32. The fourth-order valence-electron chi connectivity index (χ4n) is 2.22. The first-order valence-corrected chi connectivity index (χ1v) is 6.60. The Bertz CT molecular complexity index is 647. The van der Waals surface area contributed by atoms with Gasteiger partial charge in [-0.15, -0.1) is 0 Å². The van der Waals surface area contributed by atoms with Gasteiger partial charge in [-0.1, -0.05) is 6.92 Å². The first kappa shape index (κ1) is 15.5. The summed E-state index contributed by atoms with van der Waals surface area (Å²) in [5.74, 6) is -0.886. The Hall–Kier alpha value is -1.91. The quantitative estimate of drug-likeness (QED) is 0.748. The third kappa shape index (κ3) is 3.80. The lowest BCUT2D eigenvalue weighted by atomic mass is 10.0. The van der Waals surface area contributed by atoms with E-state index in [1.807, 2.05) is 19.9 Å². The number of aryl methyl sites for hydroxylation is 2. The molecule has 0 spiro atoms. The highest BCUT2D eigenvalue weighted by atomic mass is 19.4. The Labute approximate surface area is 120 Å². The number of halogens is 4. The molecular weight excluding hydrogens is 282 g/mol. The van der Waals surface area contributed by atoms with Gasteiger partial charge < -0.3 is 0 Å². The molecule has 2 rings (SSSR count). The lowest BCUT2D eigenvalue weighted by Crippen LogP contribution is -2.07. The van der Waals surface area contributed by atoms with Crippen LogP contribution in [0.15, 0.2) is 30.5 Å². The number of pyridine rings is 1. The molecule has 1 heterocycles. The molecule has 2 aromatic rings. The molecule has 0 radical (unpaired) electrons. The van der Waals surface area contributed by atoms with Crippen LogP contribution in [0.3, 0.4) is 0 Å². The van der Waals surface area contributed by atoms with Crippen LogP contribution in [0.5, 0.6) is 0 Å². The number of rotatable bonds is 3. The van der Waals surface area contributed by atoms with Gasteiger partial charge in [0.1, 0.15) is 5.82 Å². The molecule has 0 unspecified atom stereocenters. The summed E-state index contributed by atoms with van der Waals surface area (Å²) in [5, 5.41) is 0. The zero-order chi connectivity index (χ0) is 15.6. The summed E-state index contributed by atoms with van der Waals surface area (Å²) >= 11 is 0. The van der Waals surface area contributed by atoms with Gasteiger partial charge in [0.25, 0.3) is 0 Å². The van der Waals surface area contributed by atoms with E-state index in [1.165, 1.54) is 0 Å². The molecule has 0 N–H and O–H groups in total. The van der Waals surface area contributed by atoms with Gasteiger partial charge in [0.15, 0.2) is 0 Å². The highest BCUT2D eigenvalue weighted by Crippen LogP contribution is 2.30. The zero-order valence-electron chi connectivity index (χ0n) is 11.8. The first-order valence-electron chi connectivity index (χ1n) is 6.60. The summed E-state index contributed by atoms with van der Waals surface area (Å²) in [6, 6.07) is 4.44. The van der Waals surface area contributed by atoms with Crippen LogP contribution >= 0.6 is 0 Å². The summed E-state index contributed by atoms with van der Waals surface area (Å²) in [5.41, 5.74) is 2.06. The average molecular weight is 297 g/mol. The second-order valence-electron chi connectivity index (χ2n) is 4.98. The van der Waals surface area contributed by atoms with E-state index < -0.39 is 17.6 Å². The van der Waals surface area contributed by atoms with E-state index in [9.17, 15) is 17.6 Å². The maximum atomic E-state index is 13.3. The van der Waals surface area contributed by atoms with Crippen LogP contribution < -0.4 is 0 Å². The molecule has 0 bridgehead atoms. The van der Waals surface area contributed by atoms with Gasteiger partial charge in [-0.3, -0.25) is 4.98 Å².